The van der Waals surface area contributed by atoms with E-state index in [9.17, 15) is 5.26 Å². The van der Waals surface area contributed by atoms with Gasteiger partial charge in [-0.2, -0.15) is 5.26 Å². The Kier molecular flexibility index (Phi) is 5.86. The lowest BCUT2D eigenvalue weighted by Crippen LogP contribution is -2.45. The van der Waals surface area contributed by atoms with E-state index in [0.29, 0.717) is 5.92 Å². The van der Waals surface area contributed by atoms with E-state index < -0.39 is 0 Å². The molecule has 1 saturated carbocycles. The van der Waals surface area contributed by atoms with Crippen LogP contribution in [-0.2, 0) is 0 Å². The highest BCUT2D eigenvalue weighted by Gasteiger charge is 2.41. The predicted octanol–water partition coefficient (Wildman–Crippen LogP) is 3.17. The molecule has 20 heavy (non-hydrogen) atoms. The Morgan fingerprint density at radius 2 is 2.10 bits per heavy atom. The largest absolute Gasteiger partial charge is 0.303 e. The van der Waals surface area contributed by atoms with Gasteiger partial charge in [0, 0.05) is 0 Å². The van der Waals surface area contributed by atoms with E-state index in [-0.39, 0.29) is 5.54 Å². The average molecular weight is 277 g/mol. The third-order valence-corrected chi connectivity index (χ3v) is 5.78. The maximum Gasteiger partial charge on any atom is 0.109 e. The van der Waals surface area contributed by atoms with E-state index in [1.807, 2.05) is 7.05 Å². The normalized spacial score (nSPS) is 35.6. The monoisotopic (exact) mass is 277 g/mol. The molecule has 0 aromatic carbocycles. The fourth-order valence-electron chi connectivity index (χ4n) is 4.20. The van der Waals surface area contributed by atoms with E-state index in [4.69, 9.17) is 0 Å². The molecule has 0 aromatic heterocycles. The van der Waals surface area contributed by atoms with Crippen LogP contribution in [0.25, 0.3) is 0 Å². The molecule has 0 radical (unpaired) electrons. The van der Waals surface area contributed by atoms with Crippen molar-refractivity contribution < 1.29 is 0 Å². The van der Waals surface area contributed by atoms with Crippen molar-refractivity contribution in [3.63, 3.8) is 0 Å². The molecule has 2 fully saturated rings. The number of likely N-dealkylation sites (tertiary alicyclic amines) is 1. The molecule has 0 amide bonds. The summed E-state index contributed by atoms with van der Waals surface area (Å²) < 4.78 is 0. The Bertz CT molecular complexity index is 336. The second kappa shape index (κ2) is 7.43. The van der Waals surface area contributed by atoms with Gasteiger partial charge in [0.1, 0.15) is 5.54 Å². The third kappa shape index (κ3) is 3.54. The van der Waals surface area contributed by atoms with Gasteiger partial charge in [0.05, 0.1) is 6.07 Å². The summed E-state index contributed by atoms with van der Waals surface area (Å²) in [7, 11) is 1.96. The van der Waals surface area contributed by atoms with Crippen LogP contribution in [0.1, 0.15) is 58.3 Å². The van der Waals surface area contributed by atoms with E-state index in [0.717, 1.165) is 12.3 Å². The Morgan fingerprint density at radius 1 is 1.25 bits per heavy atom. The summed E-state index contributed by atoms with van der Waals surface area (Å²) >= 11 is 0. The van der Waals surface area contributed by atoms with Crippen LogP contribution in [0.3, 0.4) is 0 Å². The fraction of sp³-hybridized carbons (Fsp3) is 0.941. The second-order valence-electron chi connectivity index (χ2n) is 6.76. The molecule has 0 bridgehead atoms. The van der Waals surface area contributed by atoms with Crippen molar-refractivity contribution in [2.75, 3.05) is 26.7 Å². The van der Waals surface area contributed by atoms with E-state index in [2.05, 4.69) is 23.2 Å². The molecule has 0 aromatic rings. The Labute approximate surface area is 124 Å². The predicted molar refractivity (Wildman–Crippen MR) is 83.4 cm³/mol. The summed E-state index contributed by atoms with van der Waals surface area (Å²) in [5.41, 5.74) is -0.238. The Balaban J connectivity index is 1.81. The highest BCUT2D eigenvalue weighted by atomic mass is 15.1. The van der Waals surface area contributed by atoms with Crippen molar-refractivity contribution in [2.45, 2.75) is 63.8 Å². The number of hydrogen-bond donors (Lipinski definition) is 1. The van der Waals surface area contributed by atoms with Gasteiger partial charge in [-0.15, -0.1) is 0 Å². The molecule has 1 saturated heterocycles. The molecule has 3 atom stereocenters. The minimum Gasteiger partial charge on any atom is -0.303 e. The maximum atomic E-state index is 9.51. The van der Waals surface area contributed by atoms with Crippen LogP contribution in [0, 0.1) is 23.2 Å². The lowest BCUT2D eigenvalue weighted by atomic mass is 9.86. The average Bonchev–Trinajstić information content (AvgIpc) is 2.76. The maximum absolute atomic E-state index is 9.51. The summed E-state index contributed by atoms with van der Waals surface area (Å²) in [5, 5.41) is 12.8. The topological polar surface area (TPSA) is 39.1 Å². The lowest BCUT2D eigenvalue weighted by Gasteiger charge is -2.30. The number of nitriles is 1. The SMILES string of the molecule is CCC1CCCN(CCC2CCCC2(C#N)NC)CC1. The minimum atomic E-state index is -0.238. The molecule has 2 rings (SSSR count). The van der Waals surface area contributed by atoms with Gasteiger partial charge in [-0.3, -0.25) is 0 Å². The van der Waals surface area contributed by atoms with Crippen LogP contribution in [0.5, 0.6) is 0 Å². The van der Waals surface area contributed by atoms with Crippen LogP contribution in [0.2, 0.25) is 0 Å². The number of nitrogens with one attached hydrogen (secondary N) is 1. The van der Waals surface area contributed by atoms with Gasteiger partial charge in [-0.1, -0.05) is 19.8 Å². The summed E-state index contributed by atoms with van der Waals surface area (Å²) in [6, 6.07) is 2.56. The molecule has 1 aliphatic heterocycles. The van der Waals surface area contributed by atoms with Crippen molar-refractivity contribution in [3.8, 4) is 6.07 Å². The van der Waals surface area contributed by atoms with Gasteiger partial charge in [0.15, 0.2) is 0 Å². The van der Waals surface area contributed by atoms with Gasteiger partial charge in [-0.25, -0.2) is 0 Å². The summed E-state index contributed by atoms with van der Waals surface area (Å²) in [5.74, 6) is 1.49. The molecule has 0 spiro atoms. The number of hydrogen-bond acceptors (Lipinski definition) is 3. The quantitative estimate of drug-likeness (QED) is 0.839. The lowest BCUT2D eigenvalue weighted by molar-refractivity contribution is 0.230. The summed E-state index contributed by atoms with van der Waals surface area (Å²) in [4.78, 5) is 2.64. The Hall–Kier alpha value is -0.590. The molecule has 1 heterocycles. The standard InChI is InChI=1S/C17H31N3/c1-3-15-6-5-11-20(12-8-15)13-9-16-7-4-10-17(16,14-18)19-2/h15-16,19H,3-13H2,1-2H3. The first-order chi connectivity index (χ1) is 9.74. The molecule has 1 N–H and O–H groups in total. The van der Waals surface area contributed by atoms with Crippen molar-refractivity contribution in [2.24, 2.45) is 11.8 Å². The van der Waals surface area contributed by atoms with Gasteiger partial charge in [0.2, 0.25) is 0 Å². The van der Waals surface area contributed by atoms with Gasteiger partial charge in [-0.05, 0) is 77.0 Å². The van der Waals surface area contributed by atoms with Crippen molar-refractivity contribution in [1.82, 2.24) is 10.2 Å². The van der Waals surface area contributed by atoms with Gasteiger partial charge in [0.25, 0.3) is 0 Å². The zero-order valence-electron chi connectivity index (χ0n) is 13.3. The highest BCUT2D eigenvalue weighted by Crippen LogP contribution is 2.37. The van der Waals surface area contributed by atoms with Crippen LogP contribution in [-0.4, -0.2) is 37.1 Å². The van der Waals surface area contributed by atoms with Crippen LogP contribution in [0.4, 0.5) is 0 Å². The van der Waals surface area contributed by atoms with Gasteiger partial charge < -0.3 is 10.2 Å². The molecular formula is C17H31N3. The first-order valence-corrected chi connectivity index (χ1v) is 8.56. The first kappa shape index (κ1) is 15.8. The molecule has 3 unspecified atom stereocenters. The second-order valence-corrected chi connectivity index (χ2v) is 6.76. The molecule has 3 heteroatoms. The van der Waals surface area contributed by atoms with E-state index in [1.165, 1.54) is 64.6 Å². The zero-order chi connectivity index (χ0) is 14.4. The summed E-state index contributed by atoms with van der Waals surface area (Å²) in [6.07, 6.45) is 10.1. The van der Waals surface area contributed by atoms with E-state index >= 15 is 0 Å². The number of rotatable bonds is 5. The third-order valence-electron chi connectivity index (χ3n) is 5.78. The first-order valence-electron chi connectivity index (χ1n) is 8.56. The van der Waals surface area contributed by atoms with Crippen LogP contribution in [0.15, 0.2) is 0 Å². The molecule has 1 aliphatic carbocycles. The molecule has 2 aliphatic rings. The molecule has 114 valence electrons. The highest BCUT2D eigenvalue weighted by molar-refractivity contribution is 5.13. The molecule has 3 nitrogen and oxygen atoms in total. The zero-order valence-corrected chi connectivity index (χ0v) is 13.3. The van der Waals surface area contributed by atoms with E-state index in [1.54, 1.807) is 0 Å². The number of nitrogens with zero attached hydrogens (tertiary/aromatic N) is 2. The minimum absolute atomic E-state index is 0.238. The van der Waals surface area contributed by atoms with Crippen LogP contribution < -0.4 is 5.32 Å². The van der Waals surface area contributed by atoms with Crippen molar-refractivity contribution in [1.29, 1.82) is 5.26 Å². The smallest absolute Gasteiger partial charge is 0.109 e. The van der Waals surface area contributed by atoms with Crippen molar-refractivity contribution in [3.05, 3.63) is 0 Å². The Morgan fingerprint density at radius 3 is 2.80 bits per heavy atom. The van der Waals surface area contributed by atoms with Crippen LogP contribution >= 0.6 is 0 Å². The molecular weight excluding hydrogens is 246 g/mol. The fourth-order valence-corrected chi connectivity index (χ4v) is 4.20. The van der Waals surface area contributed by atoms with Crippen molar-refractivity contribution >= 4 is 0 Å². The summed E-state index contributed by atoms with van der Waals surface area (Å²) in [6.45, 7) is 6.05. The van der Waals surface area contributed by atoms with Gasteiger partial charge >= 0.3 is 0 Å².